The zero-order valence-corrected chi connectivity index (χ0v) is 11.0. The van der Waals surface area contributed by atoms with Gasteiger partial charge in [0.2, 0.25) is 5.91 Å². The number of ether oxygens (including phenoxy) is 1. The highest BCUT2D eigenvalue weighted by Gasteiger charge is 2.25. The van der Waals surface area contributed by atoms with Crippen LogP contribution in [0, 0.1) is 15.9 Å². The first kappa shape index (κ1) is 14.2. The van der Waals surface area contributed by atoms with E-state index in [1.807, 2.05) is 0 Å². The summed E-state index contributed by atoms with van der Waals surface area (Å²) in [5, 5.41) is 10.9. The molecule has 6 nitrogen and oxygen atoms in total. The predicted molar refractivity (Wildman–Crippen MR) is 69.0 cm³/mol. The van der Waals surface area contributed by atoms with Crippen LogP contribution < -0.4 is 4.74 Å². The van der Waals surface area contributed by atoms with E-state index >= 15 is 0 Å². The maximum atomic E-state index is 13.2. The number of piperidine rings is 1. The predicted octanol–water partition coefficient (Wildman–Crippen LogP) is 2.12. The number of hydrogen-bond donors (Lipinski definition) is 0. The van der Waals surface area contributed by atoms with Crippen molar-refractivity contribution in [3.8, 4) is 5.75 Å². The lowest BCUT2D eigenvalue weighted by atomic mass is 10.1. The molecule has 1 saturated heterocycles. The zero-order valence-electron chi connectivity index (χ0n) is 11.0. The summed E-state index contributed by atoms with van der Waals surface area (Å²) in [5.41, 5.74) is -0.272. The molecule has 1 amide bonds. The minimum atomic E-state index is -0.611. The zero-order chi connectivity index (χ0) is 14.7. The summed E-state index contributed by atoms with van der Waals surface area (Å²) >= 11 is 0. The molecule has 1 heterocycles. The number of nitro groups is 1. The van der Waals surface area contributed by atoms with Gasteiger partial charge in [0.1, 0.15) is 11.9 Å². The average molecular weight is 282 g/mol. The molecule has 1 aliphatic heterocycles. The molecule has 1 fully saturated rings. The van der Waals surface area contributed by atoms with Crippen LogP contribution in [0.5, 0.6) is 5.75 Å². The van der Waals surface area contributed by atoms with Crippen LogP contribution in [0.25, 0.3) is 0 Å². The third kappa shape index (κ3) is 3.23. The van der Waals surface area contributed by atoms with E-state index in [0.717, 1.165) is 24.6 Å². The maximum absolute atomic E-state index is 13.2. The van der Waals surface area contributed by atoms with E-state index in [4.69, 9.17) is 4.74 Å². The van der Waals surface area contributed by atoms with Crippen LogP contribution in [0.15, 0.2) is 18.2 Å². The summed E-state index contributed by atoms with van der Waals surface area (Å²) in [6.45, 7) is 2.48. The molecule has 0 aliphatic carbocycles. The number of nitro benzene ring substituents is 1. The smallest absolute Gasteiger partial charge is 0.311 e. The topological polar surface area (TPSA) is 72.7 Å². The fourth-order valence-corrected chi connectivity index (χ4v) is 2.23. The molecule has 0 bridgehead atoms. The number of rotatable bonds is 3. The van der Waals surface area contributed by atoms with Crippen LogP contribution in [0.4, 0.5) is 10.1 Å². The van der Waals surface area contributed by atoms with E-state index in [1.165, 1.54) is 6.92 Å². The van der Waals surface area contributed by atoms with Crippen LogP contribution in [-0.2, 0) is 4.79 Å². The molecular weight excluding hydrogens is 267 g/mol. The van der Waals surface area contributed by atoms with Gasteiger partial charge in [0.25, 0.3) is 0 Å². The molecule has 0 aromatic heterocycles. The summed E-state index contributed by atoms with van der Waals surface area (Å²) in [6.07, 6.45) is 1.08. The Labute approximate surface area is 115 Å². The van der Waals surface area contributed by atoms with E-state index in [-0.39, 0.29) is 23.4 Å². The summed E-state index contributed by atoms with van der Waals surface area (Å²) in [5.74, 6) is -0.748. The van der Waals surface area contributed by atoms with Gasteiger partial charge in [-0.15, -0.1) is 0 Å². The minimum absolute atomic E-state index is 0.0629. The van der Waals surface area contributed by atoms with Gasteiger partial charge in [0, 0.05) is 25.6 Å². The largest absolute Gasteiger partial charge is 0.482 e. The highest BCUT2D eigenvalue weighted by molar-refractivity contribution is 5.73. The van der Waals surface area contributed by atoms with Crippen molar-refractivity contribution >= 4 is 11.6 Å². The number of halogens is 1. The molecule has 7 heteroatoms. The lowest BCUT2D eigenvalue weighted by molar-refractivity contribution is -0.386. The van der Waals surface area contributed by atoms with Crippen LogP contribution >= 0.6 is 0 Å². The SMILES string of the molecule is CC(=O)N1CCCC(Oc2cc(F)ccc2[N+](=O)[O-])C1. The highest BCUT2D eigenvalue weighted by atomic mass is 19.1. The van der Waals surface area contributed by atoms with Gasteiger partial charge in [0.15, 0.2) is 5.75 Å². The van der Waals surface area contributed by atoms with Crippen molar-refractivity contribution in [3.63, 3.8) is 0 Å². The molecular formula is C13H15FN2O4. The Morgan fingerprint density at radius 3 is 2.95 bits per heavy atom. The van der Waals surface area contributed by atoms with Gasteiger partial charge in [0.05, 0.1) is 11.5 Å². The van der Waals surface area contributed by atoms with Gasteiger partial charge >= 0.3 is 5.69 Å². The van der Waals surface area contributed by atoms with Crippen LogP contribution in [0.1, 0.15) is 19.8 Å². The number of carbonyl (C=O) groups excluding carboxylic acids is 1. The number of amides is 1. The standard InChI is InChI=1S/C13H15FN2O4/c1-9(17)15-6-2-3-11(8-15)20-13-7-10(14)4-5-12(13)16(18)19/h4-5,7,11H,2-3,6,8H2,1H3. The van der Waals surface area contributed by atoms with Gasteiger partial charge in [-0.2, -0.15) is 0 Å². The van der Waals surface area contributed by atoms with Gasteiger partial charge in [-0.3, -0.25) is 14.9 Å². The van der Waals surface area contributed by atoms with Crippen molar-refractivity contribution < 1.29 is 18.8 Å². The van der Waals surface area contributed by atoms with E-state index in [1.54, 1.807) is 4.90 Å². The summed E-state index contributed by atoms with van der Waals surface area (Å²) in [7, 11) is 0. The molecule has 0 spiro atoms. The molecule has 1 aliphatic rings. The first-order valence-corrected chi connectivity index (χ1v) is 6.33. The van der Waals surface area contributed by atoms with Crippen molar-refractivity contribution in [2.45, 2.75) is 25.9 Å². The van der Waals surface area contributed by atoms with Gasteiger partial charge < -0.3 is 9.64 Å². The molecule has 1 aromatic carbocycles. The second-order valence-electron chi connectivity index (χ2n) is 4.72. The van der Waals surface area contributed by atoms with Crippen LogP contribution in [0.3, 0.4) is 0 Å². The Balaban J connectivity index is 2.15. The average Bonchev–Trinajstić information content (AvgIpc) is 2.38. The molecule has 1 atom stereocenters. The third-order valence-corrected chi connectivity index (χ3v) is 3.24. The van der Waals surface area contributed by atoms with E-state index in [9.17, 15) is 19.3 Å². The van der Waals surface area contributed by atoms with Gasteiger partial charge in [-0.1, -0.05) is 0 Å². The lowest BCUT2D eigenvalue weighted by Gasteiger charge is -2.32. The van der Waals surface area contributed by atoms with Gasteiger partial charge in [-0.25, -0.2) is 4.39 Å². The minimum Gasteiger partial charge on any atom is -0.482 e. The van der Waals surface area contributed by atoms with E-state index in [0.29, 0.717) is 19.5 Å². The van der Waals surface area contributed by atoms with Gasteiger partial charge in [-0.05, 0) is 18.9 Å². The Morgan fingerprint density at radius 2 is 2.30 bits per heavy atom. The lowest BCUT2D eigenvalue weighted by Crippen LogP contribution is -2.43. The van der Waals surface area contributed by atoms with E-state index < -0.39 is 10.7 Å². The first-order chi connectivity index (χ1) is 9.47. The number of nitrogens with zero attached hydrogens (tertiary/aromatic N) is 2. The Kier molecular flexibility index (Phi) is 4.16. The van der Waals surface area contributed by atoms with Crippen molar-refractivity contribution in [2.75, 3.05) is 13.1 Å². The van der Waals surface area contributed by atoms with Crippen molar-refractivity contribution in [2.24, 2.45) is 0 Å². The molecule has 108 valence electrons. The molecule has 0 saturated carbocycles. The molecule has 20 heavy (non-hydrogen) atoms. The number of likely N-dealkylation sites (tertiary alicyclic amines) is 1. The third-order valence-electron chi connectivity index (χ3n) is 3.24. The first-order valence-electron chi connectivity index (χ1n) is 6.33. The molecule has 2 rings (SSSR count). The fourth-order valence-electron chi connectivity index (χ4n) is 2.23. The van der Waals surface area contributed by atoms with Crippen molar-refractivity contribution in [1.29, 1.82) is 0 Å². The molecule has 0 N–H and O–H groups in total. The second-order valence-corrected chi connectivity index (χ2v) is 4.72. The van der Waals surface area contributed by atoms with Crippen LogP contribution in [-0.4, -0.2) is 34.9 Å². The van der Waals surface area contributed by atoms with Crippen molar-refractivity contribution in [1.82, 2.24) is 4.90 Å². The summed E-state index contributed by atoms with van der Waals surface area (Å²) in [6, 6.07) is 3.11. The number of carbonyl (C=O) groups is 1. The molecule has 1 unspecified atom stereocenters. The molecule has 0 radical (unpaired) electrons. The number of benzene rings is 1. The van der Waals surface area contributed by atoms with E-state index in [2.05, 4.69) is 0 Å². The maximum Gasteiger partial charge on any atom is 0.311 e. The Hall–Kier alpha value is -2.18. The Bertz CT molecular complexity index is 535. The second kappa shape index (κ2) is 5.85. The fraction of sp³-hybridized carbons (Fsp3) is 0.462. The number of hydrogen-bond acceptors (Lipinski definition) is 4. The summed E-state index contributed by atoms with van der Waals surface area (Å²) < 4.78 is 18.7. The monoisotopic (exact) mass is 282 g/mol. The Morgan fingerprint density at radius 1 is 1.55 bits per heavy atom. The normalized spacial score (nSPS) is 18.7. The molecule has 1 aromatic rings. The van der Waals surface area contributed by atoms with Crippen LogP contribution in [0.2, 0.25) is 0 Å². The quantitative estimate of drug-likeness (QED) is 0.629. The van der Waals surface area contributed by atoms with Crippen molar-refractivity contribution in [3.05, 3.63) is 34.1 Å². The summed E-state index contributed by atoms with van der Waals surface area (Å²) in [4.78, 5) is 23.2. The highest BCUT2D eigenvalue weighted by Crippen LogP contribution is 2.29.